The third-order valence-electron chi connectivity index (χ3n) is 7.17. The number of ether oxygens (including phenoxy) is 1. The van der Waals surface area contributed by atoms with Gasteiger partial charge in [-0.15, -0.1) is 5.54 Å². The van der Waals surface area contributed by atoms with E-state index in [2.05, 4.69) is 63.3 Å². The number of aromatic nitrogens is 2. The lowest BCUT2D eigenvalue weighted by Crippen LogP contribution is -2.45. The molecule has 2 heterocycles. The highest BCUT2D eigenvalue weighted by atomic mass is 35.5. The third-order valence-corrected chi connectivity index (χ3v) is 14.0. The average Bonchev–Trinajstić information content (AvgIpc) is 2.82. The summed E-state index contributed by atoms with van der Waals surface area (Å²) < 4.78 is 5.40. The Morgan fingerprint density at radius 3 is 1.98 bits per heavy atom. The van der Waals surface area contributed by atoms with Crippen molar-refractivity contribution in [3.8, 4) is 22.6 Å². The molecule has 7 nitrogen and oxygen atoms in total. The van der Waals surface area contributed by atoms with Crippen LogP contribution in [0.2, 0.25) is 26.7 Å². The topological polar surface area (TPSA) is 84.4 Å². The van der Waals surface area contributed by atoms with E-state index in [1.165, 1.54) is 24.3 Å². The number of hydrogen-bond acceptors (Lipinski definition) is 5. The van der Waals surface area contributed by atoms with Gasteiger partial charge in [-0.2, -0.15) is 0 Å². The molecule has 0 saturated carbocycles. The van der Waals surface area contributed by atoms with Gasteiger partial charge in [-0.25, -0.2) is 9.78 Å². The maximum atomic E-state index is 13.1. The van der Waals surface area contributed by atoms with Gasteiger partial charge in [-0.3, -0.25) is 14.7 Å². The fourth-order valence-corrected chi connectivity index (χ4v) is 10.8. The zero-order valence-electron chi connectivity index (χ0n) is 25.4. The van der Waals surface area contributed by atoms with Gasteiger partial charge in [0.2, 0.25) is 5.91 Å². The van der Waals surface area contributed by atoms with E-state index in [-0.39, 0.29) is 0 Å². The Labute approximate surface area is 250 Å². The molecular formula is C30H42Cl2N4O3Si. The largest absolute Gasteiger partial charge is 0.444 e. The van der Waals surface area contributed by atoms with Crippen molar-refractivity contribution in [2.45, 2.75) is 97.5 Å². The van der Waals surface area contributed by atoms with Gasteiger partial charge in [0.15, 0.2) is 0 Å². The first-order valence-electron chi connectivity index (χ1n) is 13.5. The Morgan fingerprint density at radius 2 is 1.50 bits per heavy atom. The zero-order valence-corrected chi connectivity index (χ0v) is 28.0. The lowest BCUT2D eigenvalue weighted by atomic mass is 10.1. The van der Waals surface area contributed by atoms with Gasteiger partial charge in [0.05, 0.1) is 10.0 Å². The maximum absolute atomic E-state index is 13.1. The van der Waals surface area contributed by atoms with Crippen LogP contribution in [0.25, 0.3) is 11.1 Å². The second kappa shape index (κ2) is 13.4. The molecule has 10 heteroatoms. The quantitative estimate of drug-likeness (QED) is 0.254. The number of nitrogens with one attached hydrogen (secondary N) is 1. The number of nitrogens with zero attached hydrogens (tertiary/aromatic N) is 3. The van der Waals surface area contributed by atoms with Crippen LogP contribution >= 0.6 is 23.2 Å². The summed E-state index contributed by atoms with van der Waals surface area (Å²) in [6.45, 7) is 20.4. The van der Waals surface area contributed by atoms with Crippen molar-refractivity contribution in [1.29, 1.82) is 0 Å². The predicted octanol–water partition coefficient (Wildman–Crippen LogP) is 8.21. The molecule has 40 heavy (non-hydrogen) atoms. The summed E-state index contributed by atoms with van der Waals surface area (Å²) in [6, 6.07) is 2.66. The van der Waals surface area contributed by atoms with E-state index in [1.54, 1.807) is 39.8 Å². The molecule has 0 saturated heterocycles. The monoisotopic (exact) mass is 604 g/mol. The fraction of sp³-hybridized carbons (Fsp3) is 0.533. The number of carbonyl (C=O) groups excluding carboxylic acids is 2. The first-order chi connectivity index (χ1) is 18.4. The van der Waals surface area contributed by atoms with Crippen LogP contribution in [0.3, 0.4) is 0 Å². The number of likely N-dealkylation sites (N-methyl/N-ethyl adjacent to an activating group) is 1. The summed E-state index contributed by atoms with van der Waals surface area (Å²) in [6.07, 6.45) is 2.46. The van der Waals surface area contributed by atoms with Crippen LogP contribution in [-0.4, -0.2) is 53.6 Å². The van der Waals surface area contributed by atoms with Crippen molar-refractivity contribution in [2.75, 3.05) is 12.4 Å². The second-order valence-electron chi connectivity index (χ2n) is 12.0. The molecule has 2 amide bonds. The van der Waals surface area contributed by atoms with Crippen molar-refractivity contribution in [1.82, 2.24) is 14.9 Å². The molecule has 2 aromatic heterocycles. The summed E-state index contributed by atoms with van der Waals surface area (Å²) in [4.78, 5) is 35.7. The van der Waals surface area contributed by atoms with Crippen molar-refractivity contribution in [3.05, 3.63) is 40.3 Å². The molecule has 0 aliphatic heterocycles. The highest BCUT2D eigenvalue weighted by Gasteiger charge is 2.41. The highest BCUT2D eigenvalue weighted by molar-refractivity contribution is 6.90. The predicted molar refractivity (Wildman–Crippen MR) is 168 cm³/mol. The van der Waals surface area contributed by atoms with Crippen LogP contribution in [0, 0.1) is 11.5 Å². The first kappa shape index (κ1) is 33.6. The molecule has 0 aromatic carbocycles. The molecule has 1 N–H and O–H groups in total. The van der Waals surface area contributed by atoms with Crippen LogP contribution in [0.15, 0.2) is 24.5 Å². The molecule has 0 bridgehead atoms. The van der Waals surface area contributed by atoms with Crippen LogP contribution in [0.4, 0.5) is 10.6 Å². The van der Waals surface area contributed by atoms with E-state index in [0.717, 1.165) is 0 Å². The molecule has 2 aromatic rings. The normalized spacial score (nSPS) is 12.7. The van der Waals surface area contributed by atoms with Crippen molar-refractivity contribution >= 4 is 49.1 Å². The first-order valence-corrected chi connectivity index (χ1v) is 16.5. The van der Waals surface area contributed by atoms with E-state index in [4.69, 9.17) is 32.9 Å². The molecule has 0 aliphatic rings. The molecular weight excluding hydrogens is 563 g/mol. The number of carbonyl (C=O) groups is 2. The molecule has 2 rings (SSSR count). The number of halogens is 2. The number of rotatable bonds is 7. The average molecular weight is 606 g/mol. The summed E-state index contributed by atoms with van der Waals surface area (Å²) in [5, 5.41) is 3.57. The van der Waals surface area contributed by atoms with Gasteiger partial charge in [0.1, 0.15) is 31.2 Å². The maximum Gasteiger partial charge on any atom is 0.410 e. The Balaban J connectivity index is 2.59. The Bertz CT molecular complexity index is 1250. The molecule has 0 spiro atoms. The van der Waals surface area contributed by atoms with E-state index in [1.807, 2.05) is 0 Å². The molecule has 1 atom stereocenters. The molecule has 1 unspecified atom stereocenters. The molecule has 218 valence electrons. The standard InChI is InChI=1S/C30H42Cl2N4O3Si/c1-18(2)40(19(3)4,20(5)6)15-14-25-22(27-23(31)16-33-17-24(27)32)12-13-26(34-25)35-28(37)21(7)36(11)29(38)39-30(8,9)10/h12-13,16-21H,1-11H3,(H,34,35,37). The minimum atomic E-state index is -2.10. The smallest absolute Gasteiger partial charge is 0.410 e. The Morgan fingerprint density at radius 1 is 0.975 bits per heavy atom. The van der Waals surface area contributed by atoms with Gasteiger partial charge in [-0.1, -0.05) is 70.7 Å². The van der Waals surface area contributed by atoms with Crippen LogP contribution < -0.4 is 5.32 Å². The molecule has 0 fully saturated rings. The van der Waals surface area contributed by atoms with Crippen LogP contribution in [0.5, 0.6) is 0 Å². The van der Waals surface area contributed by atoms with Crippen molar-refractivity contribution < 1.29 is 14.3 Å². The second-order valence-corrected chi connectivity index (χ2v) is 18.4. The molecule has 0 radical (unpaired) electrons. The lowest BCUT2D eigenvalue weighted by Gasteiger charge is -2.38. The van der Waals surface area contributed by atoms with Gasteiger partial charge in [-0.05, 0) is 56.5 Å². The summed E-state index contributed by atoms with van der Waals surface area (Å²) in [5.74, 6) is 3.27. The Kier molecular flexibility index (Phi) is 11.2. The van der Waals surface area contributed by atoms with Gasteiger partial charge in [0.25, 0.3) is 0 Å². The van der Waals surface area contributed by atoms with E-state index in [9.17, 15) is 9.59 Å². The number of pyridine rings is 2. The third kappa shape index (κ3) is 7.77. The zero-order chi connectivity index (χ0) is 30.6. The van der Waals surface area contributed by atoms with Gasteiger partial charge < -0.3 is 10.1 Å². The van der Waals surface area contributed by atoms with Gasteiger partial charge >= 0.3 is 6.09 Å². The van der Waals surface area contributed by atoms with Crippen LogP contribution in [-0.2, 0) is 9.53 Å². The van der Waals surface area contributed by atoms with E-state index < -0.39 is 31.7 Å². The number of anilines is 1. The van der Waals surface area contributed by atoms with E-state index >= 15 is 0 Å². The number of hydrogen-bond donors (Lipinski definition) is 1. The van der Waals surface area contributed by atoms with Crippen molar-refractivity contribution in [2.24, 2.45) is 0 Å². The SMILES string of the molecule is CC(C(=O)Nc1ccc(-c2c(Cl)cncc2Cl)c(C#C[Si](C(C)C)(C(C)C)C(C)C)n1)N(C)C(=O)OC(C)(C)C. The van der Waals surface area contributed by atoms with Gasteiger partial charge in [0, 0.05) is 30.6 Å². The lowest BCUT2D eigenvalue weighted by molar-refractivity contribution is -0.120. The van der Waals surface area contributed by atoms with E-state index in [0.29, 0.717) is 49.3 Å². The number of amides is 2. The minimum absolute atomic E-state index is 0.301. The highest BCUT2D eigenvalue weighted by Crippen LogP contribution is 2.41. The van der Waals surface area contributed by atoms with Crippen LogP contribution in [0.1, 0.15) is 74.9 Å². The molecule has 0 aliphatic carbocycles. The summed E-state index contributed by atoms with van der Waals surface area (Å²) >= 11 is 13.0. The fourth-order valence-electron chi connectivity index (χ4n) is 4.99. The Hall–Kier alpha value is -2.60. The van der Waals surface area contributed by atoms with Crippen molar-refractivity contribution in [3.63, 3.8) is 0 Å². The minimum Gasteiger partial charge on any atom is -0.444 e. The summed E-state index contributed by atoms with van der Waals surface area (Å²) in [7, 11) is -0.580. The summed E-state index contributed by atoms with van der Waals surface area (Å²) in [5.41, 5.74) is 5.97.